The highest BCUT2D eigenvalue weighted by Crippen LogP contribution is 2.36. The molecule has 5 nitrogen and oxygen atoms in total. The first-order valence-electron chi connectivity index (χ1n) is 7.82. The van der Waals surface area contributed by atoms with Crippen LogP contribution in [-0.2, 0) is 20.8 Å². The van der Waals surface area contributed by atoms with Crippen LogP contribution < -0.4 is 5.32 Å². The van der Waals surface area contributed by atoms with Gasteiger partial charge in [0.2, 0.25) is 11.8 Å². The van der Waals surface area contributed by atoms with E-state index in [2.05, 4.69) is 5.32 Å². The lowest BCUT2D eigenvalue weighted by Gasteiger charge is -2.48. The van der Waals surface area contributed by atoms with Crippen molar-refractivity contribution in [1.82, 2.24) is 10.2 Å². The van der Waals surface area contributed by atoms with Gasteiger partial charge in [-0.15, -0.1) is 23.1 Å². The van der Waals surface area contributed by atoms with Crippen molar-refractivity contribution >= 4 is 41.2 Å². The molecule has 130 valence electrons. The van der Waals surface area contributed by atoms with E-state index in [4.69, 9.17) is 0 Å². The fourth-order valence-electron chi connectivity index (χ4n) is 2.92. The van der Waals surface area contributed by atoms with E-state index in [0.29, 0.717) is 0 Å². The molecule has 2 aromatic rings. The summed E-state index contributed by atoms with van der Waals surface area (Å²) in [5.74, 6) is -0.401. The summed E-state index contributed by atoms with van der Waals surface area (Å²) >= 11 is 2.96. The summed E-state index contributed by atoms with van der Waals surface area (Å²) in [7, 11) is 0. The van der Waals surface area contributed by atoms with Crippen molar-refractivity contribution < 1.29 is 14.4 Å². The Balaban J connectivity index is 1.69. The summed E-state index contributed by atoms with van der Waals surface area (Å²) in [6, 6.07) is 11.8. The van der Waals surface area contributed by atoms with Crippen LogP contribution in [0.25, 0.3) is 0 Å². The molecule has 0 radical (unpaired) electrons. The van der Waals surface area contributed by atoms with Crippen LogP contribution in [0.5, 0.6) is 0 Å². The molecule has 1 saturated heterocycles. The number of carbonyl (C=O) groups is 3. The molecule has 0 aliphatic carbocycles. The monoisotopic (exact) mass is 374 g/mol. The highest BCUT2D eigenvalue weighted by molar-refractivity contribution is 7.99. The summed E-state index contributed by atoms with van der Waals surface area (Å²) < 4.78 is 0. The predicted molar refractivity (Wildman–Crippen MR) is 99.3 cm³/mol. The maximum Gasteiger partial charge on any atom is 0.250 e. The second-order valence-corrected chi connectivity index (χ2v) is 7.65. The molecule has 3 atom stereocenters. The number of benzene rings is 1. The number of likely N-dealkylation sites (tertiary alicyclic amines) is 1. The van der Waals surface area contributed by atoms with Gasteiger partial charge in [-0.2, -0.15) is 0 Å². The molecule has 2 amide bonds. The van der Waals surface area contributed by atoms with Crippen molar-refractivity contribution in [2.75, 3.05) is 6.26 Å². The topological polar surface area (TPSA) is 66.5 Å². The maximum atomic E-state index is 12.6. The third kappa shape index (κ3) is 3.62. The Bertz CT molecular complexity index is 749. The number of hydrogen-bond acceptors (Lipinski definition) is 5. The quantitative estimate of drug-likeness (QED) is 0.596. The minimum absolute atomic E-state index is 0.179. The predicted octanol–water partition coefficient (Wildman–Crippen LogP) is 2.25. The third-order valence-corrected chi connectivity index (χ3v) is 5.98. The number of aldehydes is 1. The Kier molecular flexibility index (Phi) is 5.55. The summed E-state index contributed by atoms with van der Waals surface area (Å²) in [5, 5.41) is 4.47. The second-order valence-electron chi connectivity index (χ2n) is 5.66. The average molecular weight is 374 g/mol. The number of nitrogens with one attached hydrogen (secondary N) is 1. The SMILES string of the molecule is CSC1C(NC(=O)Cc2cccs2)C(=O)N1C(C=O)c1ccccc1. The summed E-state index contributed by atoms with van der Waals surface area (Å²) in [5.41, 5.74) is 0.772. The molecule has 25 heavy (non-hydrogen) atoms. The molecule has 1 aromatic carbocycles. The zero-order valence-electron chi connectivity index (χ0n) is 13.6. The van der Waals surface area contributed by atoms with Gasteiger partial charge in [0, 0.05) is 4.88 Å². The zero-order valence-corrected chi connectivity index (χ0v) is 15.3. The third-order valence-electron chi connectivity index (χ3n) is 4.12. The Morgan fingerprint density at radius 2 is 2.08 bits per heavy atom. The molecule has 0 saturated carbocycles. The van der Waals surface area contributed by atoms with Crippen LogP contribution in [0.15, 0.2) is 47.8 Å². The molecule has 1 aromatic heterocycles. The summed E-state index contributed by atoms with van der Waals surface area (Å²) in [6.07, 6.45) is 2.91. The van der Waals surface area contributed by atoms with Gasteiger partial charge < -0.3 is 15.0 Å². The number of nitrogens with zero attached hydrogens (tertiary/aromatic N) is 1. The highest BCUT2D eigenvalue weighted by atomic mass is 32.2. The van der Waals surface area contributed by atoms with Crippen LogP contribution in [0.1, 0.15) is 16.5 Å². The van der Waals surface area contributed by atoms with Crippen molar-refractivity contribution in [3.8, 4) is 0 Å². The van der Waals surface area contributed by atoms with E-state index in [1.54, 1.807) is 4.90 Å². The van der Waals surface area contributed by atoms with Gasteiger partial charge in [-0.1, -0.05) is 36.4 Å². The van der Waals surface area contributed by atoms with Gasteiger partial charge in [0.05, 0.1) is 6.42 Å². The Morgan fingerprint density at radius 1 is 1.32 bits per heavy atom. The van der Waals surface area contributed by atoms with Crippen LogP contribution in [0.4, 0.5) is 0 Å². The molecule has 1 aliphatic rings. The van der Waals surface area contributed by atoms with E-state index in [1.807, 2.05) is 54.1 Å². The van der Waals surface area contributed by atoms with E-state index in [0.717, 1.165) is 16.7 Å². The molecule has 3 unspecified atom stereocenters. The molecule has 2 heterocycles. The van der Waals surface area contributed by atoms with E-state index < -0.39 is 12.1 Å². The number of rotatable bonds is 7. The molecular formula is C18H18N2O3S2. The van der Waals surface area contributed by atoms with Gasteiger partial charge in [-0.25, -0.2) is 0 Å². The summed E-state index contributed by atoms with van der Waals surface area (Å²) in [6.45, 7) is 0. The Morgan fingerprint density at radius 3 is 2.68 bits per heavy atom. The average Bonchev–Trinajstić information content (AvgIpc) is 3.14. The lowest BCUT2D eigenvalue weighted by Crippen LogP contribution is -2.70. The first kappa shape index (κ1) is 17.7. The smallest absolute Gasteiger partial charge is 0.250 e. The Hall–Kier alpha value is -2.12. The molecule has 1 N–H and O–H groups in total. The van der Waals surface area contributed by atoms with Crippen molar-refractivity contribution in [1.29, 1.82) is 0 Å². The van der Waals surface area contributed by atoms with E-state index >= 15 is 0 Å². The van der Waals surface area contributed by atoms with E-state index in [-0.39, 0.29) is 23.6 Å². The van der Waals surface area contributed by atoms with Crippen LogP contribution in [0, 0.1) is 0 Å². The standard InChI is InChI=1S/C18H18N2O3S2/c1-24-18-16(19-15(22)10-13-8-5-9-25-13)17(23)20(18)14(11-21)12-6-3-2-4-7-12/h2-9,11,14,16,18H,10H2,1H3,(H,19,22). The first-order chi connectivity index (χ1) is 12.2. The van der Waals surface area contributed by atoms with Crippen LogP contribution >= 0.6 is 23.1 Å². The van der Waals surface area contributed by atoms with Crippen LogP contribution in [0.2, 0.25) is 0 Å². The first-order valence-corrected chi connectivity index (χ1v) is 9.99. The van der Waals surface area contributed by atoms with Crippen LogP contribution in [0.3, 0.4) is 0 Å². The fraction of sp³-hybridized carbons (Fsp3) is 0.278. The molecule has 0 bridgehead atoms. The maximum absolute atomic E-state index is 12.6. The lowest BCUT2D eigenvalue weighted by molar-refractivity contribution is -0.153. The zero-order chi connectivity index (χ0) is 17.8. The number of β-lactam (4-membered cyclic amide) rings is 1. The normalized spacial score (nSPS) is 20.7. The minimum Gasteiger partial charge on any atom is -0.341 e. The highest BCUT2D eigenvalue weighted by Gasteiger charge is 2.51. The van der Waals surface area contributed by atoms with Gasteiger partial charge in [0.25, 0.3) is 0 Å². The fourth-order valence-corrected chi connectivity index (χ4v) is 4.54. The van der Waals surface area contributed by atoms with Crippen molar-refractivity contribution in [3.63, 3.8) is 0 Å². The Labute approximate surface area is 154 Å². The number of carbonyl (C=O) groups excluding carboxylic acids is 3. The second kappa shape index (κ2) is 7.84. The van der Waals surface area contributed by atoms with E-state index in [9.17, 15) is 14.4 Å². The molecule has 1 aliphatic heterocycles. The molecular weight excluding hydrogens is 356 g/mol. The van der Waals surface area contributed by atoms with Crippen molar-refractivity contribution in [3.05, 3.63) is 58.3 Å². The van der Waals surface area contributed by atoms with Gasteiger partial charge >= 0.3 is 0 Å². The lowest BCUT2D eigenvalue weighted by atomic mass is 9.98. The van der Waals surface area contributed by atoms with E-state index in [1.165, 1.54) is 23.1 Å². The molecule has 1 fully saturated rings. The molecule has 0 spiro atoms. The van der Waals surface area contributed by atoms with Crippen molar-refractivity contribution in [2.24, 2.45) is 0 Å². The number of hydrogen-bond donors (Lipinski definition) is 1. The molecule has 3 rings (SSSR count). The molecule has 7 heteroatoms. The van der Waals surface area contributed by atoms with Gasteiger partial charge in [-0.3, -0.25) is 9.59 Å². The van der Waals surface area contributed by atoms with Crippen molar-refractivity contribution in [2.45, 2.75) is 23.9 Å². The van der Waals surface area contributed by atoms with Gasteiger partial charge in [-0.05, 0) is 23.3 Å². The minimum atomic E-state index is -0.628. The number of amides is 2. The van der Waals surface area contributed by atoms with Gasteiger partial charge in [0.1, 0.15) is 23.7 Å². The van der Waals surface area contributed by atoms with Crippen LogP contribution in [-0.4, -0.2) is 40.7 Å². The number of thioether (sulfide) groups is 1. The summed E-state index contributed by atoms with van der Waals surface area (Å²) in [4.78, 5) is 38.9. The number of thiophene rings is 1. The van der Waals surface area contributed by atoms with Gasteiger partial charge in [0.15, 0.2) is 0 Å². The largest absolute Gasteiger partial charge is 0.341 e.